The number of nitrogens with zero attached hydrogens (tertiary/aromatic N) is 2. The van der Waals surface area contributed by atoms with E-state index in [1.165, 1.54) is 43.4 Å². The molecule has 1 saturated carbocycles. The number of rotatable bonds is 4. The average Bonchev–Trinajstić information content (AvgIpc) is 2.93. The van der Waals surface area contributed by atoms with Crippen LogP contribution in [0.1, 0.15) is 37.7 Å². The summed E-state index contributed by atoms with van der Waals surface area (Å²) in [5, 5.41) is 3.68. The highest BCUT2D eigenvalue weighted by atomic mass is 15.0. The summed E-state index contributed by atoms with van der Waals surface area (Å²) in [5.41, 5.74) is 2.57. The number of anilines is 1. The van der Waals surface area contributed by atoms with Gasteiger partial charge in [-0.05, 0) is 30.5 Å². The van der Waals surface area contributed by atoms with Gasteiger partial charge in [-0.25, -0.2) is 4.98 Å². The van der Waals surface area contributed by atoms with E-state index >= 15 is 0 Å². The molecular formula is C16H21N3. The van der Waals surface area contributed by atoms with Gasteiger partial charge in [-0.2, -0.15) is 0 Å². The molecule has 0 atom stereocenters. The number of imidazole rings is 1. The summed E-state index contributed by atoms with van der Waals surface area (Å²) in [4.78, 5) is 4.08. The first-order valence-corrected chi connectivity index (χ1v) is 7.21. The molecule has 2 aromatic rings. The molecule has 1 fully saturated rings. The van der Waals surface area contributed by atoms with Gasteiger partial charge < -0.3 is 9.88 Å². The quantitative estimate of drug-likeness (QED) is 0.903. The van der Waals surface area contributed by atoms with Crippen LogP contribution in [0.4, 0.5) is 5.69 Å². The van der Waals surface area contributed by atoms with Crippen LogP contribution in [0.2, 0.25) is 0 Å². The minimum atomic E-state index is 0.664. The van der Waals surface area contributed by atoms with E-state index < -0.39 is 0 Å². The summed E-state index contributed by atoms with van der Waals surface area (Å²) in [6.45, 7) is 0.889. The lowest BCUT2D eigenvalue weighted by Crippen LogP contribution is -2.22. The molecule has 0 saturated heterocycles. The minimum Gasteiger partial charge on any atom is -0.382 e. The number of hydrogen-bond donors (Lipinski definition) is 1. The van der Waals surface area contributed by atoms with Gasteiger partial charge in [0.05, 0.1) is 6.33 Å². The van der Waals surface area contributed by atoms with E-state index in [0.29, 0.717) is 6.04 Å². The first-order valence-electron chi connectivity index (χ1n) is 7.21. The summed E-state index contributed by atoms with van der Waals surface area (Å²) in [7, 11) is 0. The van der Waals surface area contributed by atoms with Gasteiger partial charge in [-0.1, -0.05) is 31.4 Å². The second kappa shape index (κ2) is 5.91. The Hall–Kier alpha value is -1.77. The minimum absolute atomic E-state index is 0.664. The zero-order valence-corrected chi connectivity index (χ0v) is 11.3. The van der Waals surface area contributed by atoms with Crippen molar-refractivity contribution >= 4 is 5.69 Å². The Balaban J connectivity index is 1.65. The Kier molecular flexibility index (Phi) is 3.82. The topological polar surface area (TPSA) is 29.9 Å². The molecule has 1 aromatic carbocycles. The molecule has 1 aliphatic rings. The van der Waals surface area contributed by atoms with Crippen LogP contribution in [0.5, 0.6) is 0 Å². The highest BCUT2D eigenvalue weighted by molar-refractivity contribution is 5.46. The SMILES string of the molecule is c1cc(Cn2ccnc2)cc(NC2CCCCC2)c1. The normalized spacial score (nSPS) is 16.4. The molecule has 0 amide bonds. The second-order valence-electron chi connectivity index (χ2n) is 5.41. The molecule has 0 aliphatic heterocycles. The Morgan fingerprint density at radius 1 is 1.21 bits per heavy atom. The van der Waals surface area contributed by atoms with Crippen LogP contribution in [0.15, 0.2) is 43.0 Å². The molecule has 3 nitrogen and oxygen atoms in total. The zero-order chi connectivity index (χ0) is 12.9. The predicted octanol–water partition coefficient (Wildman–Crippen LogP) is 3.68. The highest BCUT2D eigenvalue weighted by Crippen LogP contribution is 2.22. The molecular weight excluding hydrogens is 234 g/mol. The standard InChI is InChI=1S/C16H21N3/c1-2-6-15(7-3-1)18-16-8-4-5-14(11-16)12-19-10-9-17-13-19/h4-5,8-11,13,15,18H,1-3,6-7,12H2. The average molecular weight is 255 g/mol. The summed E-state index contributed by atoms with van der Waals surface area (Å²) in [5.74, 6) is 0. The lowest BCUT2D eigenvalue weighted by atomic mass is 9.95. The fourth-order valence-electron chi connectivity index (χ4n) is 2.83. The van der Waals surface area contributed by atoms with Gasteiger partial charge in [-0.3, -0.25) is 0 Å². The molecule has 0 spiro atoms. The van der Waals surface area contributed by atoms with E-state index in [9.17, 15) is 0 Å². The van der Waals surface area contributed by atoms with E-state index in [2.05, 4.69) is 39.1 Å². The van der Waals surface area contributed by atoms with Crippen LogP contribution < -0.4 is 5.32 Å². The summed E-state index contributed by atoms with van der Waals surface area (Å²) < 4.78 is 2.10. The fourth-order valence-corrected chi connectivity index (χ4v) is 2.83. The molecule has 1 N–H and O–H groups in total. The summed E-state index contributed by atoms with van der Waals surface area (Å²) in [6.07, 6.45) is 12.4. The Bertz CT molecular complexity index is 498. The van der Waals surface area contributed by atoms with Crippen LogP contribution >= 0.6 is 0 Å². The Morgan fingerprint density at radius 2 is 2.11 bits per heavy atom. The van der Waals surface area contributed by atoms with Crippen molar-refractivity contribution in [3.05, 3.63) is 48.5 Å². The van der Waals surface area contributed by atoms with E-state index in [-0.39, 0.29) is 0 Å². The zero-order valence-electron chi connectivity index (χ0n) is 11.3. The lowest BCUT2D eigenvalue weighted by molar-refractivity contribution is 0.462. The molecule has 1 aliphatic carbocycles. The van der Waals surface area contributed by atoms with Gasteiger partial charge in [-0.15, -0.1) is 0 Å². The monoisotopic (exact) mass is 255 g/mol. The Labute approximate surface area is 114 Å². The van der Waals surface area contributed by atoms with Crippen LogP contribution in [-0.4, -0.2) is 15.6 Å². The smallest absolute Gasteiger partial charge is 0.0949 e. The number of aromatic nitrogens is 2. The largest absolute Gasteiger partial charge is 0.382 e. The molecule has 3 rings (SSSR count). The summed E-state index contributed by atoms with van der Waals surface area (Å²) >= 11 is 0. The van der Waals surface area contributed by atoms with Crippen molar-refractivity contribution in [1.29, 1.82) is 0 Å². The molecule has 0 bridgehead atoms. The van der Waals surface area contributed by atoms with Gasteiger partial charge in [0.2, 0.25) is 0 Å². The van der Waals surface area contributed by atoms with Gasteiger partial charge >= 0.3 is 0 Å². The van der Waals surface area contributed by atoms with E-state index in [0.717, 1.165) is 6.54 Å². The second-order valence-corrected chi connectivity index (χ2v) is 5.41. The first kappa shape index (κ1) is 12.3. The molecule has 1 heterocycles. The van der Waals surface area contributed by atoms with Crippen molar-refractivity contribution in [2.24, 2.45) is 0 Å². The maximum absolute atomic E-state index is 4.08. The molecule has 1 aromatic heterocycles. The molecule has 19 heavy (non-hydrogen) atoms. The fraction of sp³-hybridized carbons (Fsp3) is 0.438. The molecule has 0 unspecified atom stereocenters. The number of hydrogen-bond acceptors (Lipinski definition) is 2. The molecule has 3 heteroatoms. The Morgan fingerprint density at radius 3 is 2.89 bits per heavy atom. The van der Waals surface area contributed by atoms with E-state index in [4.69, 9.17) is 0 Å². The van der Waals surface area contributed by atoms with Gasteiger partial charge in [0.15, 0.2) is 0 Å². The third-order valence-electron chi connectivity index (χ3n) is 3.83. The third-order valence-corrected chi connectivity index (χ3v) is 3.83. The number of benzene rings is 1. The van der Waals surface area contributed by atoms with Gasteiger partial charge in [0.25, 0.3) is 0 Å². The first-order chi connectivity index (χ1) is 9.40. The third kappa shape index (κ3) is 3.37. The van der Waals surface area contributed by atoms with Crippen LogP contribution in [0.25, 0.3) is 0 Å². The number of nitrogens with one attached hydrogen (secondary N) is 1. The van der Waals surface area contributed by atoms with Crippen molar-refractivity contribution in [3.63, 3.8) is 0 Å². The molecule has 100 valence electrons. The van der Waals surface area contributed by atoms with Gasteiger partial charge in [0.1, 0.15) is 0 Å². The van der Waals surface area contributed by atoms with Gasteiger partial charge in [0, 0.05) is 30.7 Å². The maximum Gasteiger partial charge on any atom is 0.0949 e. The van der Waals surface area contributed by atoms with E-state index in [1.54, 1.807) is 0 Å². The maximum atomic E-state index is 4.08. The van der Waals surface area contributed by atoms with Crippen LogP contribution in [0, 0.1) is 0 Å². The van der Waals surface area contributed by atoms with Crippen molar-refractivity contribution in [2.75, 3.05) is 5.32 Å². The van der Waals surface area contributed by atoms with E-state index in [1.807, 2.05) is 18.7 Å². The highest BCUT2D eigenvalue weighted by Gasteiger charge is 2.12. The van der Waals surface area contributed by atoms with Crippen molar-refractivity contribution < 1.29 is 0 Å². The summed E-state index contributed by atoms with van der Waals surface area (Å²) in [6, 6.07) is 9.40. The van der Waals surface area contributed by atoms with Crippen molar-refractivity contribution in [2.45, 2.75) is 44.7 Å². The molecule has 0 radical (unpaired) electrons. The van der Waals surface area contributed by atoms with Crippen molar-refractivity contribution in [1.82, 2.24) is 9.55 Å². The van der Waals surface area contributed by atoms with Crippen LogP contribution in [-0.2, 0) is 6.54 Å². The predicted molar refractivity (Wildman–Crippen MR) is 78.3 cm³/mol. The van der Waals surface area contributed by atoms with Crippen molar-refractivity contribution in [3.8, 4) is 0 Å². The lowest BCUT2D eigenvalue weighted by Gasteiger charge is -2.24. The van der Waals surface area contributed by atoms with Crippen LogP contribution in [0.3, 0.4) is 0 Å².